The average Bonchev–Trinajstić information content (AvgIpc) is 3.39. The first-order valence-corrected chi connectivity index (χ1v) is 12.9. The number of hydrogen-bond donors (Lipinski definition) is 0. The number of nitrogens with zero attached hydrogens (tertiary/aromatic N) is 3. The number of thioether (sulfide) groups is 2. The van der Waals surface area contributed by atoms with Crippen molar-refractivity contribution in [1.82, 2.24) is 0 Å². The van der Waals surface area contributed by atoms with Crippen LogP contribution in [0, 0.1) is 12.7 Å². The third-order valence-electron chi connectivity index (χ3n) is 5.54. The zero-order chi connectivity index (χ0) is 25.3. The Kier molecular flexibility index (Phi) is 6.59. The molecule has 3 aromatic carbocycles. The molecule has 2 aliphatic heterocycles. The lowest BCUT2D eigenvalue weighted by molar-refractivity contribution is -0.134. The number of hydrazone groups is 1. The molecule has 1 amide bonds. The van der Waals surface area contributed by atoms with Gasteiger partial charge < -0.3 is 4.74 Å². The van der Waals surface area contributed by atoms with Gasteiger partial charge in [0.15, 0.2) is 0 Å². The number of hydrogen-bond acceptors (Lipinski definition) is 7. The second-order valence-corrected chi connectivity index (χ2v) is 10.7. The topological polar surface area (TPSA) is 62.2 Å². The number of ether oxygens (including phenoxy) is 1. The summed E-state index contributed by atoms with van der Waals surface area (Å²) in [5, 5.41) is 6.51. The van der Waals surface area contributed by atoms with Gasteiger partial charge in [-0.25, -0.2) is 14.2 Å². The van der Waals surface area contributed by atoms with E-state index in [2.05, 4.69) is 5.10 Å². The first kappa shape index (κ1) is 24.1. The molecule has 0 bridgehead atoms. The fourth-order valence-electron chi connectivity index (χ4n) is 3.86. The fraction of sp³-hybridized carbons (Fsp3) is 0.148. The van der Waals surface area contributed by atoms with Gasteiger partial charge in [-0.2, -0.15) is 5.10 Å². The molecule has 2 heterocycles. The molecule has 0 aliphatic carbocycles. The minimum atomic E-state index is -1.15. The molecule has 1 unspecified atom stereocenters. The van der Waals surface area contributed by atoms with Gasteiger partial charge in [0.2, 0.25) is 9.37 Å². The predicted octanol–water partition coefficient (Wildman–Crippen LogP) is 6.00. The van der Waals surface area contributed by atoms with Crippen LogP contribution in [-0.4, -0.2) is 27.9 Å². The number of rotatable bonds is 5. The molecule has 182 valence electrons. The van der Waals surface area contributed by atoms with Crippen LogP contribution in [0.1, 0.15) is 18.1 Å². The largest absolute Gasteiger partial charge is 0.461 e. The summed E-state index contributed by atoms with van der Waals surface area (Å²) in [5.41, 5.74) is 3.13. The van der Waals surface area contributed by atoms with Crippen molar-refractivity contribution in [3.63, 3.8) is 0 Å². The zero-order valence-corrected chi connectivity index (χ0v) is 21.2. The van der Waals surface area contributed by atoms with Crippen molar-refractivity contribution in [3.8, 4) is 0 Å². The van der Waals surface area contributed by atoms with Crippen LogP contribution in [0.25, 0.3) is 6.08 Å². The van der Waals surface area contributed by atoms with Gasteiger partial charge in [-0.1, -0.05) is 59.8 Å². The van der Waals surface area contributed by atoms with E-state index < -0.39 is 10.3 Å². The highest BCUT2D eigenvalue weighted by Gasteiger charge is 2.60. The summed E-state index contributed by atoms with van der Waals surface area (Å²) in [6, 6.07) is 22.9. The maximum atomic E-state index is 13.9. The monoisotopic (exact) mass is 519 g/mol. The number of carbonyl (C=O) groups is 2. The maximum Gasteiger partial charge on any atom is 0.365 e. The molecule has 0 N–H and O–H groups in total. The van der Waals surface area contributed by atoms with Crippen molar-refractivity contribution in [2.45, 2.75) is 18.2 Å². The SMILES string of the molecule is CCOC(=O)C1=NN(c2ccc(C)cc2)C2(S1)S/C(=C/c1ccc(F)cc1)C(=O)N2c1ccccc1. The zero-order valence-electron chi connectivity index (χ0n) is 19.6. The normalized spacial score (nSPS) is 20.4. The molecule has 6 nitrogen and oxygen atoms in total. The van der Waals surface area contributed by atoms with E-state index in [0.29, 0.717) is 16.2 Å². The van der Waals surface area contributed by atoms with Crippen LogP contribution >= 0.6 is 23.5 Å². The van der Waals surface area contributed by atoms with Crippen molar-refractivity contribution >= 4 is 57.9 Å². The smallest absolute Gasteiger partial charge is 0.365 e. The van der Waals surface area contributed by atoms with Crippen LogP contribution in [0.3, 0.4) is 0 Å². The summed E-state index contributed by atoms with van der Waals surface area (Å²) in [4.78, 5) is 28.8. The standard InChI is InChI=1S/C27H22FN3O3S2/c1-3-34-26(33)24-29-31(22-15-9-18(2)10-16-22)27(36-24)30(21-7-5-4-6-8-21)25(32)23(35-27)17-19-11-13-20(28)14-12-19/h4-17H,3H2,1-2H3/b23-17+. The molecule has 9 heteroatoms. The Labute approximate surface area is 216 Å². The van der Waals surface area contributed by atoms with E-state index in [9.17, 15) is 14.0 Å². The molecule has 36 heavy (non-hydrogen) atoms. The lowest BCUT2D eigenvalue weighted by atomic mass is 10.2. The number of halogens is 1. The third kappa shape index (κ3) is 4.40. The molecule has 5 rings (SSSR count). The molecule has 2 aliphatic rings. The minimum absolute atomic E-state index is 0.154. The number of aryl methyl sites for hydroxylation is 1. The highest BCUT2D eigenvalue weighted by molar-refractivity contribution is 8.29. The van der Waals surface area contributed by atoms with E-state index in [0.717, 1.165) is 11.3 Å². The van der Waals surface area contributed by atoms with Gasteiger partial charge in [0.1, 0.15) is 5.82 Å². The summed E-state index contributed by atoms with van der Waals surface area (Å²) in [5.74, 6) is -1.15. The van der Waals surface area contributed by atoms with Crippen molar-refractivity contribution < 1.29 is 18.7 Å². The number of anilines is 2. The highest BCUT2D eigenvalue weighted by atomic mass is 32.2. The number of carbonyl (C=O) groups excluding carboxylic acids is 2. The van der Waals surface area contributed by atoms with E-state index in [-0.39, 0.29) is 23.4 Å². The quantitative estimate of drug-likeness (QED) is 0.305. The Balaban J connectivity index is 1.66. The van der Waals surface area contributed by atoms with Gasteiger partial charge in [0.25, 0.3) is 5.91 Å². The second kappa shape index (κ2) is 9.83. The van der Waals surface area contributed by atoms with Crippen LogP contribution in [0.15, 0.2) is 88.9 Å². The molecule has 0 radical (unpaired) electrons. The van der Waals surface area contributed by atoms with Crippen molar-refractivity contribution in [2.24, 2.45) is 5.10 Å². The minimum Gasteiger partial charge on any atom is -0.461 e. The summed E-state index contributed by atoms with van der Waals surface area (Å²) in [7, 11) is 0. The van der Waals surface area contributed by atoms with Crippen LogP contribution in [0.2, 0.25) is 0 Å². The highest BCUT2D eigenvalue weighted by Crippen LogP contribution is 2.59. The number of esters is 1. The summed E-state index contributed by atoms with van der Waals surface area (Å²) < 4.78 is 17.6. The van der Waals surface area contributed by atoms with E-state index >= 15 is 0 Å². The predicted molar refractivity (Wildman–Crippen MR) is 144 cm³/mol. The first-order valence-electron chi connectivity index (χ1n) is 11.3. The van der Waals surface area contributed by atoms with Crippen LogP contribution < -0.4 is 9.91 Å². The van der Waals surface area contributed by atoms with Crippen molar-refractivity contribution in [1.29, 1.82) is 0 Å². The molecule has 1 fully saturated rings. The molecule has 1 spiro atoms. The summed E-state index contributed by atoms with van der Waals surface area (Å²) in [6.45, 7) is 3.93. The number of benzene rings is 3. The van der Waals surface area contributed by atoms with Crippen molar-refractivity contribution in [2.75, 3.05) is 16.5 Å². The molecule has 0 aromatic heterocycles. The number of amides is 1. The molecule has 0 saturated carbocycles. The van der Waals surface area contributed by atoms with Crippen molar-refractivity contribution in [3.05, 3.63) is 101 Å². The molecular weight excluding hydrogens is 497 g/mol. The second-order valence-electron chi connectivity index (χ2n) is 8.06. The number of para-hydroxylation sites is 1. The Bertz CT molecular complexity index is 1360. The van der Waals surface area contributed by atoms with Gasteiger partial charge in [0.05, 0.1) is 17.2 Å². The Morgan fingerprint density at radius 1 is 1.00 bits per heavy atom. The van der Waals surface area contributed by atoms with E-state index in [1.807, 2.05) is 61.5 Å². The van der Waals surface area contributed by atoms with Gasteiger partial charge in [-0.05, 0) is 73.6 Å². The average molecular weight is 520 g/mol. The lowest BCUT2D eigenvalue weighted by Gasteiger charge is -2.38. The van der Waals surface area contributed by atoms with E-state index in [4.69, 9.17) is 4.74 Å². The summed E-state index contributed by atoms with van der Waals surface area (Å²) in [6.07, 6.45) is 1.73. The maximum absolute atomic E-state index is 13.9. The molecule has 1 atom stereocenters. The van der Waals surface area contributed by atoms with Gasteiger partial charge in [-0.15, -0.1) is 0 Å². The van der Waals surface area contributed by atoms with Crippen LogP contribution in [-0.2, 0) is 14.3 Å². The third-order valence-corrected chi connectivity index (χ3v) is 8.24. The van der Waals surface area contributed by atoms with E-state index in [1.54, 1.807) is 35.0 Å². The van der Waals surface area contributed by atoms with Crippen LogP contribution in [0.5, 0.6) is 0 Å². The lowest BCUT2D eigenvalue weighted by Crippen LogP contribution is -2.51. The Morgan fingerprint density at radius 2 is 1.69 bits per heavy atom. The van der Waals surface area contributed by atoms with Gasteiger partial charge >= 0.3 is 5.97 Å². The molecule has 3 aromatic rings. The first-order chi connectivity index (χ1) is 17.4. The molecular formula is C27H22FN3O3S2. The van der Waals surface area contributed by atoms with Gasteiger partial charge in [0, 0.05) is 5.69 Å². The molecule has 1 saturated heterocycles. The Morgan fingerprint density at radius 3 is 2.36 bits per heavy atom. The summed E-state index contributed by atoms with van der Waals surface area (Å²) >= 11 is 2.46. The van der Waals surface area contributed by atoms with Crippen LogP contribution in [0.4, 0.5) is 15.8 Å². The Hall–Kier alpha value is -3.56. The fourth-order valence-corrected chi connectivity index (χ4v) is 6.73. The van der Waals surface area contributed by atoms with Gasteiger partial charge in [-0.3, -0.25) is 9.69 Å². The van der Waals surface area contributed by atoms with E-state index in [1.165, 1.54) is 35.7 Å².